The first-order valence-corrected chi connectivity index (χ1v) is 11.3. The molecule has 1 unspecified atom stereocenters. The minimum Gasteiger partial charge on any atom is -0.493 e. The molecule has 0 saturated heterocycles. The number of carbonyl (C=O) groups excluding carboxylic acids is 1. The predicted octanol–water partition coefficient (Wildman–Crippen LogP) is 5.02. The summed E-state index contributed by atoms with van der Waals surface area (Å²) in [7, 11) is 1.51. The van der Waals surface area contributed by atoms with E-state index >= 15 is 0 Å². The lowest BCUT2D eigenvalue weighted by atomic mass is 10.1. The Kier molecular flexibility index (Phi) is 6.61. The zero-order valence-corrected chi connectivity index (χ0v) is 19.7. The molecular formula is C22H19BrN4O4S. The van der Waals surface area contributed by atoms with Crippen molar-refractivity contribution in [2.24, 2.45) is 0 Å². The van der Waals surface area contributed by atoms with Crippen LogP contribution in [0.4, 0.5) is 5.69 Å². The maximum absolute atomic E-state index is 11.4. The number of aromatic nitrogens is 3. The first-order valence-electron chi connectivity index (χ1n) is 9.57. The highest BCUT2D eigenvalue weighted by Crippen LogP contribution is 2.43. The Morgan fingerprint density at radius 3 is 2.88 bits per heavy atom. The summed E-state index contributed by atoms with van der Waals surface area (Å²) in [5, 5.41) is 12.5. The van der Waals surface area contributed by atoms with Crippen LogP contribution < -0.4 is 19.5 Å². The third kappa shape index (κ3) is 4.56. The van der Waals surface area contributed by atoms with E-state index in [1.165, 1.54) is 25.8 Å². The van der Waals surface area contributed by atoms with Crippen molar-refractivity contribution in [1.29, 1.82) is 0 Å². The molecule has 1 aliphatic rings. The second kappa shape index (κ2) is 9.58. The van der Waals surface area contributed by atoms with Crippen molar-refractivity contribution in [3.8, 4) is 28.6 Å². The number of nitrogens with zero attached hydrogens (tertiary/aromatic N) is 3. The Balaban J connectivity index is 1.80. The van der Waals surface area contributed by atoms with Gasteiger partial charge >= 0.3 is 5.97 Å². The minimum absolute atomic E-state index is 0.303. The fourth-order valence-electron chi connectivity index (χ4n) is 3.13. The number of nitrogens with one attached hydrogen (secondary N) is 1. The molecule has 4 rings (SSSR count). The fraction of sp³-hybridized carbons (Fsp3) is 0.182. The largest absolute Gasteiger partial charge is 0.493 e. The van der Waals surface area contributed by atoms with Gasteiger partial charge < -0.3 is 19.5 Å². The number of anilines is 1. The average molecular weight is 515 g/mol. The van der Waals surface area contributed by atoms with Gasteiger partial charge in [-0.2, -0.15) is 4.98 Å². The van der Waals surface area contributed by atoms with Gasteiger partial charge in [0.05, 0.1) is 7.11 Å². The monoisotopic (exact) mass is 514 g/mol. The highest BCUT2D eigenvalue weighted by Gasteiger charge is 2.28. The van der Waals surface area contributed by atoms with Crippen molar-refractivity contribution in [3.05, 3.63) is 59.1 Å². The van der Waals surface area contributed by atoms with E-state index in [4.69, 9.17) is 14.2 Å². The van der Waals surface area contributed by atoms with Crippen molar-refractivity contribution in [1.82, 2.24) is 15.2 Å². The molecule has 2 aromatic carbocycles. The van der Waals surface area contributed by atoms with Gasteiger partial charge in [0, 0.05) is 34.0 Å². The van der Waals surface area contributed by atoms with Gasteiger partial charge in [-0.25, -0.2) is 0 Å². The van der Waals surface area contributed by atoms with Crippen LogP contribution in [0.1, 0.15) is 18.7 Å². The maximum Gasteiger partial charge on any atom is 0.308 e. The van der Waals surface area contributed by atoms with E-state index in [1.807, 2.05) is 24.3 Å². The number of fused-ring (bicyclic) bond motifs is 3. The SMILES string of the molecule is C=CCSc1nnc2c(n1)OC(c1cc(OC)c(OC(C)=O)cc1Br)Nc1ccccc1-2. The fourth-order valence-corrected chi connectivity index (χ4v) is 4.17. The topological polar surface area (TPSA) is 95.5 Å². The normalized spacial score (nSPS) is 14.2. The van der Waals surface area contributed by atoms with Gasteiger partial charge in [-0.1, -0.05) is 52.0 Å². The highest BCUT2D eigenvalue weighted by atomic mass is 79.9. The van der Waals surface area contributed by atoms with Crippen LogP contribution in [0, 0.1) is 0 Å². The molecule has 0 amide bonds. The summed E-state index contributed by atoms with van der Waals surface area (Å²) in [6, 6.07) is 11.1. The van der Waals surface area contributed by atoms with Crippen LogP contribution in [0.15, 0.2) is 58.7 Å². The third-order valence-electron chi connectivity index (χ3n) is 4.48. The maximum atomic E-state index is 11.4. The Morgan fingerprint density at radius 1 is 1.31 bits per heavy atom. The summed E-state index contributed by atoms with van der Waals surface area (Å²) in [5.41, 5.74) is 2.90. The molecule has 0 fully saturated rings. The first-order chi connectivity index (χ1) is 15.5. The Morgan fingerprint density at radius 2 is 2.12 bits per heavy atom. The van der Waals surface area contributed by atoms with Crippen molar-refractivity contribution < 1.29 is 19.0 Å². The standard InChI is InChI=1S/C22H19BrN4O4S/c1-4-9-32-22-25-21-19(26-27-22)13-7-5-6-8-16(13)24-20(31-21)14-10-17(29-3)18(11-15(14)23)30-12(2)28/h4-8,10-11,20,24H,1,9H2,2-3H3. The lowest BCUT2D eigenvalue weighted by Crippen LogP contribution is -2.18. The summed E-state index contributed by atoms with van der Waals surface area (Å²) in [6.07, 6.45) is 1.13. The number of benzene rings is 2. The molecule has 8 nitrogen and oxygen atoms in total. The van der Waals surface area contributed by atoms with Crippen molar-refractivity contribution in [3.63, 3.8) is 0 Å². The van der Waals surface area contributed by atoms with Gasteiger partial charge in [0.1, 0.15) is 0 Å². The molecule has 0 aliphatic carbocycles. The molecule has 1 aliphatic heterocycles. The van der Waals surface area contributed by atoms with Crippen LogP contribution in [-0.4, -0.2) is 34.0 Å². The summed E-state index contributed by atoms with van der Waals surface area (Å²) in [6.45, 7) is 5.06. The van der Waals surface area contributed by atoms with E-state index in [9.17, 15) is 4.79 Å². The predicted molar refractivity (Wildman–Crippen MR) is 125 cm³/mol. The molecular weight excluding hydrogens is 496 g/mol. The zero-order valence-electron chi connectivity index (χ0n) is 17.3. The lowest BCUT2D eigenvalue weighted by Gasteiger charge is -2.22. The molecule has 1 atom stereocenters. The number of hydrogen-bond donors (Lipinski definition) is 1. The number of rotatable bonds is 6. The Bertz CT molecular complexity index is 1190. The molecule has 0 radical (unpaired) electrons. The molecule has 164 valence electrons. The number of ether oxygens (including phenoxy) is 3. The number of thioether (sulfide) groups is 1. The van der Waals surface area contributed by atoms with E-state index < -0.39 is 12.2 Å². The molecule has 1 aromatic heterocycles. The van der Waals surface area contributed by atoms with Gasteiger partial charge in [-0.15, -0.1) is 16.8 Å². The smallest absolute Gasteiger partial charge is 0.308 e. The molecule has 0 spiro atoms. The van der Waals surface area contributed by atoms with E-state index in [0.717, 1.165) is 16.8 Å². The summed E-state index contributed by atoms with van der Waals surface area (Å²) >= 11 is 4.97. The van der Waals surface area contributed by atoms with Gasteiger partial charge in [0.15, 0.2) is 23.4 Å². The van der Waals surface area contributed by atoms with Gasteiger partial charge in [0.2, 0.25) is 11.0 Å². The van der Waals surface area contributed by atoms with Crippen LogP contribution in [-0.2, 0) is 4.79 Å². The number of hydrogen-bond acceptors (Lipinski definition) is 9. The molecule has 3 aromatic rings. The van der Waals surface area contributed by atoms with Crippen LogP contribution in [0.25, 0.3) is 11.3 Å². The average Bonchev–Trinajstić information content (AvgIpc) is 2.93. The molecule has 32 heavy (non-hydrogen) atoms. The Labute approximate surface area is 197 Å². The number of para-hydroxylation sites is 1. The molecule has 0 saturated carbocycles. The zero-order chi connectivity index (χ0) is 22.7. The van der Waals surface area contributed by atoms with Crippen molar-refractivity contribution in [2.45, 2.75) is 18.3 Å². The van der Waals surface area contributed by atoms with Crippen LogP contribution in [0.3, 0.4) is 0 Å². The summed E-state index contributed by atoms with van der Waals surface area (Å²) in [4.78, 5) is 16.0. The second-order valence-corrected chi connectivity index (χ2v) is 8.50. The Hall–Kier alpha value is -3.11. The van der Waals surface area contributed by atoms with Gasteiger partial charge in [0.25, 0.3) is 0 Å². The number of halogens is 1. The van der Waals surface area contributed by atoms with Crippen LogP contribution in [0.5, 0.6) is 17.4 Å². The summed E-state index contributed by atoms with van der Waals surface area (Å²) in [5.74, 6) is 1.26. The highest BCUT2D eigenvalue weighted by molar-refractivity contribution is 9.10. The molecule has 10 heteroatoms. The molecule has 2 heterocycles. The number of esters is 1. The molecule has 1 N–H and O–H groups in total. The second-order valence-electron chi connectivity index (χ2n) is 6.65. The van der Waals surface area contributed by atoms with Crippen molar-refractivity contribution >= 4 is 39.3 Å². The van der Waals surface area contributed by atoms with E-state index in [-0.39, 0.29) is 0 Å². The first kappa shape index (κ1) is 22.1. The van der Waals surface area contributed by atoms with Crippen LogP contribution in [0.2, 0.25) is 0 Å². The number of carbonyl (C=O) groups is 1. The van der Waals surface area contributed by atoms with E-state index in [0.29, 0.717) is 38.5 Å². The van der Waals surface area contributed by atoms with E-state index in [1.54, 1.807) is 18.2 Å². The lowest BCUT2D eigenvalue weighted by molar-refractivity contribution is -0.132. The van der Waals surface area contributed by atoms with Gasteiger partial charge in [-0.3, -0.25) is 4.79 Å². The minimum atomic E-state index is -0.638. The van der Waals surface area contributed by atoms with Crippen LogP contribution >= 0.6 is 27.7 Å². The third-order valence-corrected chi connectivity index (χ3v) is 6.00. The van der Waals surface area contributed by atoms with Gasteiger partial charge in [-0.05, 0) is 18.2 Å². The van der Waals surface area contributed by atoms with Crippen molar-refractivity contribution in [2.75, 3.05) is 18.2 Å². The van der Waals surface area contributed by atoms with E-state index in [2.05, 4.69) is 43.0 Å². The molecule has 0 bridgehead atoms. The summed E-state index contributed by atoms with van der Waals surface area (Å²) < 4.78 is 17.6. The number of methoxy groups -OCH3 is 1. The quantitative estimate of drug-likeness (QED) is 0.210.